The first-order valence-electron chi connectivity index (χ1n) is 7.76. The molecular weight excluding hydrogens is 304 g/mol. The van der Waals surface area contributed by atoms with Gasteiger partial charge in [-0.3, -0.25) is 0 Å². The Balaban J connectivity index is 1.64. The third-order valence-corrected chi connectivity index (χ3v) is 3.83. The number of aryl methyl sites for hydroxylation is 2. The van der Waals surface area contributed by atoms with Crippen LogP contribution in [-0.2, 0) is 18.0 Å². The molecule has 5 nitrogen and oxygen atoms in total. The first-order valence-corrected chi connectivity index (χ1v) is 7.76. The van der Waals surface area contributed by atoms with Crippen LogP contribution in [0.2, 0.25) is 0 Å². The second kappa shape index (κ2) is 7.27. The van der Waals surface area contributed by atoms with E-state index < -0.39 is 0 Å². The molecule has 0 atom stereocenters. The van der Waals surface area contributed by atoms with E-state index in [0.29, 0.717) is 24.9 Å². The van der Waals surface area contributed by atoms with Crippen molar-refractivity contribution in [2.45, 2.75) is 27.1 Å². The number of ether oxygens (including phenoxy) is 2. The Morgan fingerprint density at radius 1 is 0.958 bits per heavy atom. The lowest BCUT2D eigenvalue weighted by atomic mass is 10.1. The van der Waals surface area contributed by atoms with Crippen molar-refractivity contribution >= 4 is 0 Å². The van der Waals surface area contributed by atoms with Gasteiger partial charge in [-0.15, -0.1) is 0 Å². The van der Waals surface area contributed by atoms with Gasteiger partial charge in [0.1, 0.15) is 19.0 Å². The Morgan fingerprint density at radius 3 is 2.46 bits per heavy atom. The standard InChI is InChI=1S/C19H20N2O3/c1-13-4-5-15(10-14(13)2)11-23-17-8-6-16(7-9-17)19-20-18(12-22-3)24-21-19/h4-10H,11-12H2,1-3H3. The van der Waals surface area contributed by atoms with Gasteiger partial charge >= 0.3 is 0 Å². The summed E-state index contributed by atoms with van der Waals surface area (Å²) in [5, 5.41) is 3.94. The minimum absolute atomic E-state index is 0.310. The minimum atomic E-state index is 0.310. The zero-order valence-electron chi connectivity index (χ0n) is 14.1. The first-order chi connectivity index (χ1) is 11.7. The molecule has 0 aliphatic carbocycles. The van der Waals surface area contributed by atoms with Crippen LogP contribution in [-0.4, -0.2) is 17.3 Å². The highest BCUT2D eigenvalue weighted by atomic mass is 16.5. The number of nitrogens with zero attached hydrogens (tertiary/aromatic N) is 2. The molecule has 3 rings (SSSR count). The zero-order chi connectivity index (χ0) is 16.9. The third-order valence-electron chi connectivity index (χ3n) is 3.83. The molecule has 0 unspecified atom stereocenters. The van der Waals surface area contributed by atoms with Gasteiger partial charge in [-0.1, -0.05) is 23.4 Å². The normalized spacial score (nSPS) is 10.8. The van der Waals surface area contributed by atoms with Gasteiger partial charge in [0.25, 0.3) is 5.89 Å². The smallest absolute Gasteiger partial charge is 0.252 e. The van der Waals surface area contributed by atoms with Crippen LogP contribution in [0.5, 0.6) is 5.75 Å². The zero-order valence-corrected chi connectivity index (χ0v) is 14.1. The third kappa shape index (κ3) is 3.81. The fourth-order valence-corrected chi connectivity index (χ4v) is 2.31. The van der Waals surface area contributed by atoms with Crippen LogP contribution in [0.15, 0.2) is 47.0 Å². The minimum Gasteiger partial charge on any atom is -0.489 e. The molecule has 0 saturated carbocycles. The van der Waals surface area contributed by atoms with Crippen LogP contribution in [0.3, 0.4) is 0 Å². The second-order valence-corrected chi connectivity index (χ2v) is 5.68. The molecule has 3 aromatic rings. The summed E-state index contributed by atoms with van der Waals surface area (Å²) >= 11 is 0. The van der Waals surface area contributed by atoms with E-state index >= 15 is 0 Å². The first kappa shape index (κ1) is 16.2. The molecule has 0 N–H and O–H groups in total. The number of benzene rings is 2. The molecule has 5 heteroatoms. The average Bonchev–Trinajstić information content (AvgIpc) is 3.05. The molecule has 0 aliphatic heterocycles. The van der Waals surface area contributed by atoms with Gasteiger partial charge in [0.2, 0.25) is 5.82 Å². The summed E-state index contributed by atoms with van der Waals surface area (Å²) in [4.78, 5) is 4.27. The monoisotopic (exact) mass is 324 g/mol. The maximum absolute atomic E-state index is 5.84. The Kier molecular flexibility index (Phi) is 4.91. The largest absolute Gasteiger partial charge is 0.489 e. The van der Waals surface area contributed by atoms with Crippen molar-refractivity contribution in [3.63, 3.8) is 0 Å². The number of hydrogen-bond donors (Lipinski definition) is 0. The van der Waals surface area contributed by atoms with Crippen LogP contribution >= 0.6 is 0 Å². The van der Waals surface area contributed by atoms with Gasteiger partial charge in [0, 0.05) is 12.7 Å². The summed E-state index contributed by atoms with van der Waals surface area (Å²) in [7, 11) is 1.59. The van der Waals surface area contributed by atoms with Crippen molar-refractivity contribution < 1.29 is 14.0 Å². The van der Waals surface area contributed by atoms with Crippen molar-refractivity contribution in [1.29, 1.82) is 0 Å². The lowest BCUT2D eigenvalue weighted by Gasteiger charge is -2.08. The van der Waals surface area contributed by atoms with Gasteiger partial charge in [-0.2, -0.15) is 4.98 Å². The maximum Gasteiger partial charge on any atom is 0.252 e. The molecule has 0 radical (unpaired) electrons. The van der Waals surface area contributed by atoms with Crippen LogP contribution < -0.4 is 4.74 Å². The predicted molar refractivity (Wildman–Crippen MR) is 90.7 cm³/mol. The van der Waals surface area contributed by atoms with Gasteiger partial charge in [0.15, 0.2) is 0 Å². The highest BCUT2D eigenvalue weighted by Gasteiger charge is 2.08. The number of methoxy groups -OCH3 is 1. The van der Waals surface area contributed by atoms with E-state index in [1.54, 1.807) is 7.11 Å². The Labute approximate surface area is 141 Å². The second-order valence-electron chi connectivity index (χ2n) is 5.68. The van der Waals surface area contributed by atoms with Crippen molar-refractivity contribution in [1.82, 2.24) is 10.1 Å². The number of aromatic nitrogens is 2. The van der Waals surface area contributed by atoms with Crippen LogP contribution in [0.25, 0.3) is 11.4 Å². The van der Waals surface area contributed by atoms with Crippen LogP contribution in [0, 0.1) is 13.8 Å². The highest BCUT2D eigenvalue weighted by Crippen LogP contribution is 2.21. The SMILES string of the molecule is COCc1nc(-c2ccc(OCc3ccc(C)c(C)c3)cc2)no1. The van der Waals surface area contributed by atoms with E-state index in [-0.39, 0.29) is 0 Å². The summed E-state index contributed by atoms with van der Waals surface area (Å²) in [6, 6.07) is 14.0. The van der Waals surface area contributed by atoms with Crippen molar-refractivity contribution in [3.8, 4) is 17.1 Å². The molecule has 24 heavy (non-hydrogen) atoms. The van der Waals surface area contributed by atoms with Gasteiger partial charge in [-0.25, -0.2) is 0 Å². The van der Waals surface area contributed by atoms with E-state index in [9.17, 15) is 0 Å². The fourth-order valence-electron chi connectivity index (χ4n) is 2.31. The molecule has 0 aliphatic rings. The molecule has 124 valence electrons. The van der Waals surface area contributed by atoms with Gasteiger partial charge in [0.05, 0.1) is 0 Å². The summed E-state index contributed by atoms with van der Waals surface area (Å²) in [5.74, 6) is 1.81. The van der Waals surface area contributed by atoms with E-state index in [1.807, 2.05) is 24.3 Å². The van der Waals surface area contributed by atoms with Crippen molar-refractivity contribution in [3.05, 3.63) is 65.0 Å². The highest BCUT2D eigenvalue weighted by molar-refractivity contribution is 5.55. The van der Waals surface area contributed by atoms with Crippen molar-refractivity contribution in [2.24, 2.45) is 0 Å². The van der Waals surface area contributed by atoms with Gasteiger partial charge in [-0.05, 0) is 54.8 Å². The summed E-state index contributed by atoms with van der Waals surface area (Å²) in [5.41, 5.74) is 4.59. The van der Waals surface area contributed by atoms with Crippen LogP contribution in [0.1, 0.15) is 22.6 Å². The maximum atomic E-state index is 5.84. The molecule has 0 spiro atoms. The Bertz CT molecular complexity index is 810. The Hall–Kier alpha value is -2.66. The lowest BCUT2D eigenvalue weighted by molar-refractivity contribution is 0.151. The summed E-state index contributed by atoms with van der Waals surface area (Å²) in [6.07, 6.45) is 0. The molecular formula is C19H20N2O3. The molecule has 0 fully saturated rings. The van der Waals surface area contributed by atoms with E-state index in [0.717, 1.165) is 16.9 Å². The summed E-state index contributed by atoms with van der Waals surface area (Å²) < 4.78 is 15.9. The number of rotatable bonds is 6. The topological polar surface area (TPSA) is 57.4 Å². The average molecular weight is 324 g/mol. The van der Waals surface area contributed by atoms with Crippen LogP contribution in [0.4, 0.5) is 0 Å². The fraction of sp³-hybridized carbons (Fsp3) is 0.263. The molecule has 2 aromatic carbocycles. The molecule has 0 amide bonds. The quantitative estimate of drug-likeness (QED) is 0.684. The summed E-state index contributed by atoms with van der Waals surface area (Å²) in [6.45, 7) is 5.07. The molecule has 0 saturated heterocycles. The van der Waals surface area contributed by atoms with E-state index in [4.69, 9.17) is 14.0 Å². The van der Waals surface area contributed by atoms with Crippen molar-refractivity contribution in [2.75, 3.05) is 7.11 Å². The molecule has 1 heterocycles. The van der Waals surface area contributed by atoms with E-state index in [1.165, 1.54) is 11.1 Å². The molecule has 0 bridgehead atoms. The molecule has 1 aromatic heterocycles. The lowest BCUT2D eigenvalue weighted by Crippen LogP contribution is -1.96. The van der Waals surface area contributed by atoms with E-state index in [2.05, 4.69) is 42.2 Å². The Morgan fingerprint density at radius 2 is 1.75 bits per heavy atom. The van der Waals surface area contributed by atoms with Gasteiger partial charge < -0.3 is 14.0 Å². The predicted octanol–water partition coefficient (Wildman–Crippen LogP) is 4.08. The number of hydrogen-bond acceptors (Lipinski definition) is 5.